The van der Waals surface area contributed by atoms with E-state index in [2.05, 4.69) is 5.32 Å². The Morgan fingerprint density at radius 3 is 2.81 bits per heavy atom. The molecule has 2 unspecified atom stereocenters. The van der Waals surface area contributed by atoms with Crippen LogP contribution in [-0.2, 0) is 11.3 Å². The lowest BCUT2D eigenvalue weighted by atomic mass is 10.1. The maximum absolute atomic E-state index is 11.9. The number of furan rings is 1. The number of hydrogen-bond donors (Lipinski definition) is 2. The van der Waals surface area contributed by atoms with Crippen LogP contribution in [0.15, 0.2) is 47.1 Å². The maximum atomic E-state index is 11.9. The summed E-state index contributed by atoms with van der Waals surface area (Å²) in [4.78, 5) is 11.9. The third-order valence-electron chi connectivity index (χ3n) is 3.04. The number of aliphatic hydroxyl groups is 1. The zero-order valence-corrected chi connectivity index (χ0v) is 12.1. The summed E-state index contributed by atoms with van der Waals surface area (Å²) < 4.78 is 10.7. The van der Waals surface area contributed by atoms with Crippen molar-refractivity contribution in [3.8, 4) is 5.75 Å². The molecule has 112 valence electrons. The molecular formula is C16H19NO4. The van der Waals surface area contributed by atoms with Gasteiger partial charge in [0.1, 0.15) is 11.5 Å². The van der Waals surface area contributed by atoms with Crippen LogP contribution in [0, 0.1) is 0 Å². The Kier molecular flexibility index (Phi) is 5.00. The number of rotatable bonds is 6. The molecule has 0 bridgehead atoms. The molecule has 5 nitrogen and oxygen atoms in total. The van der Waals surface area contributed by atoms with Gasteiger partial charge in [-0.15, -0.1) is 0 Å². The Hall–Kier alpha value is -2.27. The second kappa shape index (κ2) is 6.95. The van der Waals surface area contributed by atoms with Crippen molar-refractivity contribution in [1.82, 2.24) is 5.32 Å². The highest BCUT2D eigenvalue weighted by molar-refractivity contribution is 5.80. The van der Waals surface area contributed by atoms with Crippen molar-refractivity contribution in [1.29, 1.82) is 0 Å². The van der Waals surface area contributed by atoms with Crippen molar-refractivity contribution in [2.75, 3.05) is 0 Å². The van der Waals surface area contributed by atoms with Crippen LogP contribution >= 0.6 is 0 Å². The van der Waals surface area contributed by atoms with E-state index in [0.29, 0.717) is 18.1 Å². The number of amides is 1. The normalized spacial score (nSPS) is 13.5. The minimum Gasteiger partial charge on any atom is -0.481 e. The first kappa shape index (κ1) is 15.1. The zero-order valence-electron chi connectivity index (χ0n) is 12.1. The van der Waals surface area contributed by atoms with E-state index in [1.807, 2.05) is 0 Å². The Balaban J connectivity index is 1.89. The first-order valence-corrected chi connectivity index (χ1v) is 6.81. The molecule has 2 rings (SSSR count). The van der Waals surface area contributed by atoms with Crippen molar-refractivity contribution in [3.05, 3.63) is 54.0 Å². The van der Waals surface area contributed by atoms with E-state index >= 15 is 0 Å². The van der Waals surface area contributed by atoms with Crippen LogP contribution in [0.2, 0.25) is 0 Å². The van der Waals surface area contributed by atoms with Gasteiger partial charge in [0.25, 0.3) is 5.91 Å². The van der Waals surface area contributed by atoms with Gasteiger partial charge in [-0.2, -0.15) is 0 Å². The van der Waals surface area contributed by atoms with Gasteiger partial charge >= 0.3 is 0 Å². The van der Waals surface area contributed by atoms with Crippen molar-refractivity contribution < 1.29 is 19.1 Å². The number of carbonyl (C=O) groups is 1. The lowest BCUT2D eigenvalue weighted by Gasteiger charge is -2.15. The predicted molar refractivity (Wildman–Crippen MR) is 77.7 cm³/mol. The van der Waals surface area contributed by atoms with Gasteiger partial charge in [0.05, 0.1) is 18.9 Å². The predicted octanol–water partition coefficient (Wildman–Crippen LogP) is 2.42. The molecule has 1 amide bonds. The van der Waals surface area contributed by atoms with Crippen LogP contribution in [0.3, 0.4) is 0 Å². The molecule has 1 aromatic carbocycles. The van der Waals surface area contributed by atoms with Gasteiger partial charge in [-0.3, -0.25) is 4.79 Å². The van der Waals surface area contributed by atoms with Gasteiger partial charge < -0.3 is 19.6 Å². The van der Waals surface area contributed by atoms with Gasteiger partial charge in [0.2, 0.25) is 0 Å². The largest absolute Gasteiger partial charge is 0.481 e. The number of aliphatic hydroxyl groups excluding tert-OH is 1. The second-order valence-electron chi connectivity index (χ2n) is 4.81. The van der Waals surface area contributed by atoms with Gasteiger partial charge in [-0.05, 0) is 43.7 Å². The van der Waals surface area contributed by atoms with Crippen molar-refractivity contribution >= 4 is 5.91 Å². The summed E-state index contributed by atoms with van der Waals surface area (Å²) in [6, 6.07) is 10.6. The van der Waals surface area contributed by atoms with Crippen molar-refractivity contribution in [3.63, 3.8) is 0 Å². The number of ether oxygens (including phenoxy) is 1. The number of benzene rings is 1. The van der Waals surface area contributed by atoms with Crippen molar-refractivity contribution in [2.24, 2.45) is 0 Å². The maximum Gasteiger partial charge on any atom is 0.261 e. The fourth-order valence-electron chi connectivity index (χ4n) is 1.84. The molecule has 0 aliphatic rings. The Morgan fingerprint density at radius 2 is 2.14 bits per heavy atom. The van der Waals surface area contributed by atoms with E-state index in [9.17, 15) is 9.90 Å². The minimum atomic E-state index is -0.635. The molecule has 0 spiro atoms. The molecule has 0 saturated carbocycles. The molecular weight excluding hydrogens is 270 g/mol. The van der Waals surface area contributed by atoms with E-state index in [1.165, 1.54) is 0 Å². The van der Waals surface area contributed by atoms with E-state index < -0.39 is 12.2 Å². The summed E-state index contributed by atoms with van der Waals surface area (Å²) >= 11 is 0. The summed E-state index contributed by atoms with van der Waals surface area (Å²) in [5.41, 5.74) is 0.746. The first-order chi connectivity index (χ1) is 10.1. The van der Waals surface area contributed by atoms with Crippen molar-refractivity contribution in [2.45, 2.75) is 32.6 Å². The summed E-state index contributed by atoms with van der Waals surface area (Å²) in [6.45, 7) is 3.68. The summed E-state index contributed by atoms with van der Waals surface area (Å²) in [5.74, 6) is 1.01. The van der Waals surface area contributed by atoms with E-state index in [4.69, 9.17) is 9.15 Å². The fourth-order valence-corrected chi connectivity index (χ4v) is 1.84. The molecule has 5 heteroatoms. The van der Waals surface area contributed by atoms with E-state index in [-0.39, 0.29) is 5.91 Å². The van der Waals surface area contributed by atoms with Crippen LogP contribution < -0.4 is 10.1 Å². The highest BCUT2D eigenvalue weighted by Crippen LogP contribution is 2.19. The van der Waals surface area contributed by atoms with Gasteiger partial charge in [-0.25, -0.2) is 0 Å². The van der Waals surface area contributed by atoms with Gasteiger partial charge in [0.15, 0.2) is 6.10 Å². The average molecular weight is 289 g/mol. The lowest BCUT2D eigenvalue weighted by Crippen LogP contribution is -2.35. The second-order valence-corrected chi connectivity index (χ2v) is 4.81. The standard InChI is InChI=1S/C16H19NO4/c1-11(18)13-5-3-6-14(9-13)21-12(2)16(19)17-10-15-7-4-8-20-15/h3-9,11-12,18H,10H2,1-2H3,(H,17,19). The molecule has 1 aromatic heterocycles. The first-order valence-electron chi connectivity index (χ1n) is 6.81. The molecule has 2 atom stereocenters. The molecule has 1 heterocycles. The van der Waals surface area contributed by atoms with E-state index in [0.717, 1.165) is 5.56 Å². The van der Waals surface area contributed by atoms with E-state index in [1.54, 1.807) is 56.5 Å². The zero-order chi connectivity index (χ0) is 15.2. The van der Waals surface area contributed by atoms with Crippen LogP contribution in [0.25, 0.3) is 0 Å². The molecule has 2 N–H and O–H groups in total. The molecule has 0 fully saturated rings. The Morgan fingerprint density at radius 1 is 1.33 bits per heavy atom. The molecule has 0 aliphatic carbocycles. The summed E-state index contributed by atoms with van der Waals surface area (Å²) in [5, 5.41) is 12.3. The molecule has 2 aromatic rings. The van der Waals surface area contributed by atoms with Crippen LogP contribution in [0.5, 0.6) is 5.75 Å². The molecule has 0 aliphatic heterocycles. The molecule has 0 radical (unpaired) electrons. The number of nitrogens with one attached hydrogen (secondary N) is 1. The fraction of sp³-hybridized carbons (Fsp3) is 0.312. The lowest BCUT2D eigenvalue weighted by molar-refractivity contribution is -0.127. The Bertz CT molecular complexity index is 578. The van der Waals surface area contributed by atoms with Crippen LogP contribution in [-0.4, -0.2) is 17.1 Å². The van der Waals surface area contributed by atoms with Gasteiger partial charge in [-0.1, -0.05) is 12.1 Å². The third kappa shape index (κ3) is 4.36. The Labute approximate surface area is 123 Å². The SMILES string of the molecule is CC(Oc1cccc(C(C)O)c1)C(=O)NCc1ccco1. The highest BCUT2D eigenvalue weighted by Gasteiger charge is 2.15. The van der Waals surface area contributed by atoms with Gasteiger partial charge in [0, 0.05) is 0 Å². The third-order valence-corrected chi connectivity index (χ3v) is 3.04. The minimum absolute atomic E-state index is 0.228. The summed E-state index contributed by atoms with van der Waals surface area (Å²) in [6.07, 6.45) is 0.351. The number of hydrogen-bond acceptors (Lipinski definition) is 4. The van der Waals surface area contributed by atoms with Crippen LogP contribution in [0.1, 0.15) is 31.3 Å². The topological polar surface area (TPSA) is 71.7 Å². The van der Waals surface area contributed by atoms with Crippen LogP contribution in [0.4, 0.5) is 0 Å². The smallest absolute Gasteiger partial charge is 0.261 e. The molecule has 21 heavy (non-hydrogen) atoms. The average Bonchev–Trinajstić information content (AvgIpc) is 2.98. The number of carbonyl (C=O) groups excluding carboxylic acids is 1. The summed E-state index contributed by atoms with van der Waals surface area (Å²) in [7, 11) is 0. The quantitative estimate of drug-likeness (QED) is 0.856. The molecule has 0 saturated heterocycles. The highest BCUT2D eigenvalue weighted by atomic mass is 16.5. The monoisotopic (exact) mass is 289 g/mol.